The highest BCUT2D eigenvalue weighted by atomic mass is 79.9. The molecule has 0 radical (unpaired) electrons. The number of hydrogen-bond acceptors (Lipinski definition) is 5. The molecule has 0 spiro atoms. The number of aryl methyl sites for hydroxylation is 2. The number of imidazole rings is 1. The summed E-state index contributed by atoms with van der Waals surface area (Å²) in [6, 6.07) is 17.1. The van der Waals surface area contributed by atoms with Crippen LogP contribution in [0.1, 0.15) is 22.3 Å². The Labute approximate surface area is 183 Å². The molecule has 4 rings (SSSR count). The minimum Gasteiger partial charge on any atom is -0.410 e. The van der Waals surface area contributed by atoms with Gasteiger partial charge in [0.2, 0.25) is 0 Å². The topological polar surface area (TPSA) is 87.1 Å². The van der Waals surface area contributed by atoms with Crippen molar-refractivity contribution >= 4 is 32.7 Å². The first-order valence-electron chi connectivity index (χ1n) is 9.21. The zero-order chi connectivity index (χ0) is 21.5. The van der Waals surface area contributed by atoms with Gasteiger partial charge in [-0.3, -0.25) is 4.98 Å². The lowest BCUT2D eigenvalue weighted by Crippen LogP contribution is -1.98. The maximum atomic E-state index is 8.50. The predicted octanol–water partition coefficient (Wildman–Crippen LogP) is 5.25. The molecule has 150 valence electrons. The van der Waals surface area contributed by atoms with Crippen LogP contribution >= 0.6 is 15.9 Å². The minimum atomic E-state index is 0.0162. The number of hydrogen-bond donors (Lipinski definition) is 1. The molecule has 0 bridgehead atoms. The number of fused-ring (bicyclic) bond motifs is 1. The predicted molar refractivity (Wildman–Crippen MR) is 121 cm³/mol. The molecule has 0 fully saturated rings. The third kappa shape index (κ3) is 5.10. The highest BCUT2D eigenvalue weighted by Crippen LogP contribution is 2.19. The average molecular weight is 462 g/mol. The molecule has 6 nitrogen and oxygen atoms in total. The van der Waals surface area contributed by atoms with Crippen LogP contribution in [0, 0.1) is 25.2 Å². The molecular formula is C23H20BrN5O. The molecule has 2 aromatic heterocycles. The molecule has 7 heteroatoms. The Balaban J connectivity index is 0.000000187. The van der Waals surface area contributed by atoms with E-state index in [1.54, 1.807) is 36.5 Å². The molecule has 0 aliphatic heterocycles. The maximum absolute atomic E-state index is 8.50. The van der Waals surface area contributed by atoms with Crippen LogP contribution in [0.3, 0.4) is 0 Å². The van der Waals surface area contributed by atoms with E-state index in [0.717, 1.165) is 16.5 Å². The average Bonchev–Trinajstić information content (AvgIpc) is 3.13. The Hall–Kier alpha value is -3.50. The first-order chi connectivity index (χ1) is 14.5. The summed E-state index contributed by atoms with van der Waals surface area (Å²) in [5, 5.41) is 19.7. The van der Waals surface area contributed by atoms with Crippen molar-refractivity contribution in [2.24, 2.45) is 5.16 Å². The molecule has 0 saturated carbocycles. The SMILES string of the molecule is Cc1cc2ncn(Cc3cccnc3)c2cc1C.N#C/C(=N\O)c1ccc(Br)cc1. The van der Waals surface area contributed by atoms with Crippen molar-refractivity contribution in [3.8, 4) is 6.07 Å². The minimum absolute atomic E-state index is 0.0162. The van der Waals surface area contributed by atoms with Gasteiger partial charge in [-0.15, -0.1) is 0 Å². The number of halogens is 1. The maximum Gasteiger partial charge on any atom is 0.186 e. The van der Waals surface area contributed by atoms with Gasteiger partial charge in [-0.25, -0.2) is 4.98 Å². The summed E-state index contributed by atoms with van der Waals surface area (Å²) in [7, 11) is 0. The Morgan fingerprint density at radius 2 is 1.90 bits per heavy atom. The van der Waals surface area contributed by atoms with E-state index in [1.165, 1.54) is 22.2 Å². The second-order valence-electron chi connectivity index (χ2n) is 6.73. The molecular weight excluding hydrogens is 442 g/mol. The van der Waals surface area contributed by atoms with Crippen LogP contribution in [0.25, 0.3) is 11.0 Å². The summed E-state index contributed by atoms with van der Waals surface area (Å²) in [6.45, 7) is 5.07. The summed E-state index contributed by atoms with van der Waals surface area (Å²) in [5.74, 6) is 0. The second-order valence-corrected chi connectivity index (χ2v) is 7.64. The fraction of sp³-hybridized carbons (Fsp3) is 0.130. The number of rotatable bonds is 3. The Kier molecular flexibility index (Phi) is 6.94. The normalized spacial score (nSPS) is 10.9. The van der Waals surface area contributed by atoms with Gasteiger partial charge in [0, 0.05) is 22.4 Å². The molecule has 1 N–H and O–H groups in total. The second kappa shape index (κ2) is 9.81. The Bertz CT molecular complexity index is 1210. The Morgan fingerprint density at radius 3 is 2.53 bits per heavy atom. The first-order valence-corrected chi connectivity index (χ1v) is 10.00. The molecule has 4 aromatic rings. The van der Waals surface area contributed by atoms with Gasteiger partial charge in [-0.05, 0) is 60.9 Å². The summed E-state index contributed by atoms with van der Waals surface area (Å²) in [6.07, 6.45) is 5.59. The molecule has 0 amide bonds. The fourth-order valence-electron chi connectivity index (χ4n) is 2.88. The van der Waals surface area contributed by atoms with Crippen molar-refractivity contribution < 1.29 is 5.21 Å². The lowest BCUT2D eigenvalue weighted by molar-refractivity contribution is 0.320. The van der Waals surface area contributed by atoms with E-state index in [2.05, 4.69) is 67.7 Å². The molecule has 0 unspecified atom stereocenters. The number of nitriles is 1. The zero-order valence-electron chi connectivity index (χ0n) is 16.6. The lowest BCUT2D eigenvalue weighted by Gasteiger charge is -2.05. The molecule has 2 aromatic carbocycles. The zero-order valence-corrected chi connectivity index (χ0v) is 18.2. The van der Waals surface area contributed by atoms with Crippen LogP contribution in [0.15, 0.2) is 76.9 Å². The third-order valence-corrected chi connectivity index (χ3v) is 5.16. The van der Waals surface area contributed by atoms with E-state index in [9.17, 15) is 0 Å². The van der Waals surface area contributed by atoms with Crippen LogP contribution < -0.4 is 0 Å². The van der Waals surface area contributed by atoms with Crippen LogP contribution in [0.4, 0.5) is 0 Å². The van der Waals surface area contributed by atoms with Gasteiger partial charge in [0.05, 0.1) is 23.9 Å². The quantitative estimate of drug-likeness (QED) is 0.256. The molecule has 0 saturated heterocycles. The van der Waals surface area contributed by atoms with Crippen molar-refractivity contribution in [1.82, 2.24) is 14.5 Å². The van der Waals surface area contributed by atoms with Gasteiger partial charge in [-0.1, -0.05) is 39.3 Å². The van der Waals surface area contributed by atoms with Crippen molar-refractivity contribution in [3.63, 3.8) is 0 Å². The van der Waals surface area contributed by atoms with Crippen LogP contribution in [0.5, 0.6) is 0 Å². The number of benzene rings is 2. The van der Waals surface area contributed by atoms with Crippen molar-refractivity contribution in [2.75, 3.05) is 0 Å². The van der Waals surface area contributed by atoms with Crippen molar-refractivity contribution in [2.45, 2.75) is 20.4 Å². The fourth-order valence-corrected chi connectivity index (χ4v) is 3.14. The third-order valence-electron chi connectivity index (χ3n) is 4.64. The number of oxime groups is 1. The van der Waals surface area contributed by atoms with E-state index in [0.29, 0.717) is 5.56 Å². The van der Waals surface area contributed by atoms with Crippen LogP contribution in [0.2, 0.25) is 0 Å². The van der Waals surface area contributed by atoms with Crippen LogP contribution in [-0.4, -0.2) is 25.5 Å². The highest BCUT2D eigenvalue weighted by Gasteiger charge is 2.05. The molecule has 0 atom stereocenters. The number of aromatic nitrogens is 3. The van der Waals surface area contributed by atoms with Gasteiger partial charge in [0.25, 0.3) is 0 Å². The molecule has 0 aliphatic carbocycles. The van der Waals surface area contributed by atoms with E-state index in [-0.39, 0.29) is 5.71 Å². The summed E-state index contributed by atoms with van der Waals surface area (Å²) >= 11 is 3.25. The van der Waals surface area contributed by atoms with Gasteiger partial charge in [0.1, 0.15) is 6.07 Å². The summed E-state index contributed by atoms with van der Waals surface area (Å²) in [5.41, 5.74) is 6.63. The smallest absolute Gasteiger partial charge is 0.186 e. The van der Waals surface area contributed by atoms with Gasteiger partial charge in [0.15, 0.2) is 5.71 Å². The highest BCUT2D eigenvalue weighted by molar-refractivity contribution is 9.10. The van der Waals surface area contributed by atoms with E-state index >= 15 is 0 Å². The number of pyridine rings is 1. The monoisotopic (exact) mass is 461 g/mol. The van der Waals surface area contributed by atoms with Crippen molar-refractivity contribution in [1.29, 1.82) is 5.26 Å². The standard InChI is InChI=1S/C15H15N3.C8H5BrN2O/c1-11-6-14-15(7-12(11)2)18(10-17-14)9-13-4-3-5-16-8-13;9-7-3-1-6(2-4-7)8(5-10)11-12/h3-8,10H,9H2,1-2H3;1-4,12H/b;11-8+. The summed E-state index contributed by atoms with van der Waals surface area (Å²) in [4.78, 5) is 8.60. The molecule has 0 aliphatic rings. The van der Waals surface area contributed by atoms with Gasteiger partial charge < -0.3 is 9.77 Å². The number of nitrogens with zero attached hydrogens (tertiary/aromatic N) is 5. The van der Waals surface area contributed by atoms with Gasteiger partial charge >= 0.3 is 0 Å². The van der Waals surface area contributed by atoms with E-state index in [1.807, 2.05) is 18.6 Å². The largest absolute Gasteiger partial charge is 0.410 e. The van der Waals surface area contributed by atoms with E-state index < -0.39 is 0 Å². The van der Waals surface area contributed by atoms with E-state index in [4.69, 9.17) is 10.5 Å². The van der Waals surface area contributed by atoms with Crippen molar-refractivity contribution in [3.05, 3.63) is 94.0 Å². The first kappa shape index (κ1) is 21.2. The van der Waals surface area contributed by atoms with Crippen LogP contribution in [-0.2, 0) is 6.54 Å². The molecule has 2 heterocycles. The van der Waals surface area contributed by atoms with Gasteiger partial charge in [-0.2, -0.15) is 5.26 Å². The Morgan fingerprint density at radius 1 is 1.17 bits per heavy atom. The summed E-state index contributed by atoms with van der Waals surface area (Å²) < 4.78 is 3.08. The molecule has 30 heavy (non-hydrogen) atoms. The lowest BCUT2D eigenvalue weighted by atomic mass is 10.1.